The fourth-order valence-corrected chi connectivity index (χ4v) is 2.58. The summed E-state index contributed by atoms with van der Waals surface area (Å²) in [5, 5.41) is 11.0. The third-order valence-corrected chi connectivity index (χ3v) is 3.88. The summed E-state index contributed by atoms with van der Waals surface area (Å²) in [5.41, 5.74) is 1.31. The van der Waals surface area contributed by atoms with Gasteiger partial charge in [-0.25, -0.2) is 0 Å². The third kappa shape index (κ3) is 3.42. The maximum atomic E-state index is 12.1. The lowest BCUT2D eigenvalue weighted by atomic mass is 10.2. The van der Waals surface area contributed by atoms with Crippen LogP contribution in [0.3, 0.4) is 0 Å². The van der Waals surface area contributed by atoms with Crippen molar-refractivity contribution < 1.29 is 9.53 Å². The van der Waals surface area contributed by atoms with Crippen LogP contribution >= 0.6 is 0 Å². The second-order valence-electron chi connectivity index (χ2n) is 5.45. The van der Waals surface area contributed by atoms with Gasteiger partial charge in [0.25, 0.3) is 5.91 Å². The van der Waals surface area contributed by atoms with Crippen molar-refractivity contribution in [3.63, 3.8) is 0 Å². The minimum absolute atomic E-state index is 0.0647. The van der Waals surface area contributed by atoms with Crippen LogP contribution in [-0.4, -0.2) is 64.8 Å². The summed E-state index contributed by atoms with van der Waals surface area (Å²) in [6, 6.07) is 3.55. The number of amides is 1. The first-order chi connectivity index (χ1) is 10.7. The van der Waals surface area contributed by atoms with Crippen LogP contribution in [0.15, 0.2) is 18.3 Å². The number of fused-ring (bicyclic) bond motifs is 1. The van der Waals surface area contributed by atoms with Crippen molar-refractivity contribution in [1.82, 2.24) is 24.8 Å². The molecular weight excluding hydrogens is 282 g/mol. The van der Waals surface area contributed by atoms with E-state index in [1.165, 1.54) is 0 Å². The fourth-order valence-electron chi connectivity index (χ4n) is 2.58. The lowest BCUT2D eigenvalue weighted by Crippen LogP contribution is -2.38. The van der Waals surface area contributed by atoms with Crippen molar-refractivity contribution in [1.29, 1.82) is 0 Å². The molecule has 7 heteroatoms. The summed E-state index contributed by atoms with van der Waals surface area (Å²) in [7, 11) is 0. The number of aromatic nitrogens is 3. The van der Waals surface area contributed by atoms with Gasteiger partial charge >= 0.3 is 0 Å². The van der Waals surface area contributed by atoms with Crippen molar-refractivity contribution in [2.45, 2.75) is 13.3 Å². The number of carbonyl (C=O) groups excluding carboxylic acids is 1. The van der Waals surface area contributed by atoms with Gasteiger partial charge in [-0.1, -0.05) is 0 Å². The smallest absolute Gasteiger partial charge is 0.251 e. The lowest BCUT2D eigenvalue weighted by molar-refractivity contribution is 0.0374. The molecule has 1 aliphatic rings. The van der Waals surface area contributed by atoms with Gasteiger partial charge in [0.15, 0.2) is 5.65 Å². The highest BCUT2D eigenvalue weighted by atomic mass is 16.5. The van der Waals surface area contributed by atoms with Crippen molar-refractivity contribution in [3.8, 4) is 0 Å². The van der Waals surface area contributed by atoms with Crippen LogP contribution in [-0.2, 0) is 4.74 Å². The second kappa shape index (κ2) is 6.85. The van der Waals surface area contributed by atoms with Gasteiger partial charge in [0, 0.05) is 31.4 Å². The van der Waals surface area contributed by atoms with Crippen LogP contribution < -0.4 is 5.32 Å². The lowest BCUT2D eigenvalue weighted by Gasteiger charge is -2.26. The molecule has 2 aromatic rings. The van der Waals surface area contributed by atoms with E-state index in [9.17, 15) is 4.79 Å². The Balaban J connectivity index is 1.48. The van der Waals surface area contributed by atoms with Crippen LogP contribution in [0.25, 0.3) is 5.65 Å². The first-order valence-electron chi connectivity index (χ1n) is 7.64. The summed E-state index contributed by atoms with van der Waals surface area (Å²) in [5.74, 6) is 0.748. The van der Waals surface area contributed by atoms with Gasteiger partial charge in [-0.2, -0.15) is 0 Å². The molecule has 22 heavy (non-hydrogen) atoms. The van der Waals surface area contributed by atoms with E-state index in [-0.39, 0.29) is 5.91 Å². The highest BCUT2D eigenvalue weighted by molar-refractivity contribution is 5.94. The predicted molar refractivity (Wildman–Crippen MR) is 81.9 cm³/mol. The number of carbonyl (C=O) groups is 1. The van der Waals surface area contributed by atoms with Gasteiger partial charge in [0.05, 0.1) is 13.2 Å². The zero-order valence-electron chi connectivity index (χ0n) is 12.8. The SMILES string of the molecule is Cc1nnc2cc(C(=O)NCCCN3CCOCC3)ccn12. The van der Waals surface area contributed by atoms with Gasteiger partial charge < -0.3 is 10.1 Å². The van der Waals surface area contributed by atoms with Gasteiger partial charge in [-0.3, -0.25) is 14.1 Å². The Labute approximate surface area is 129 Å². The summed E-state index contributed by atoms with van der Waals surface area (Å²) in [6.07, 6.45) is 2.77. The number of nitrogens with one attached hydrogen (secondary N) is 1. The predicted octanol–water partition coefficient (Wildman–Crippen LogP) is 0.490. The average Bonchev–Trinajstić information content (AvgIpc) is 2.93. The molecule has 1 amide bonds. The number of ether oxygens (including phenoxy) is 1. The standard InChI is InChI=1S/C15H21N5O2/c1-12-17-18-14-11-13(3-6-20(12)14)15(21)16-4-2-5-19-7-9-22-10-8-19/h3,6,11H,2,4-5,7-10H2,1H3,(H,16,21). The molecule has 0 saturated carbocycles. The van der Waals surface area contributed by atoms with E-state index in [0.29, 0.717) is 17.8 Å². The topological polar surface area (TPSA) is 71.8 Å². The molecule has 0 radical (unpaired) electrons. The van der Waals surface area contributed by atoms with Gasteiger partial charge in [-0.05, 0) is 32.0 Å². The highest BCUT2D eigenvalue weighted by Gasteiger charge is 2.11. The molecule has 118 valence electrons. The summed E-state index contributed by atoms with van der Waals surface area (Å²) < 4.78 is 7.17. The quantitative estimate of drug-likeness (QED) is 0.814. The minimum atomic E-state index is -0.0647. The van der Waals surface area contributed by atoms with Crippen LogP contribution in [0.4, 0.5) is 0 Å². The molecule has 2 aromatic heterocycles. The molecule has 1 N–H and O–H groups in total. The molecule has 0 aliphatic carbocycles. The fraction of sp³-hybridized carbons (Fsp3) is 0.533. The van der Waals surface area contributed by atoms with E-state index in [1.807, 2.05) is 17.5 Å². The van der Waals surface area contributed by atoms with Crippen LogP contribution in [0.1, 0.15) is 22.6 Å². The molecule has 7 nitrogen and oxygen atoms in total. The van der Waals surface area contributed by atoms with E-state index in [4.69, 9.17) is 4.74 Å². The van der Waals surface area contributed by atoms with Crippen LogP contribution in [0.2, 0.25) is 0 Å². The second-order valence-corrected chi connectivity index (χ2v) is 5.45. The zero-order valence-corrected chi connectivity index (χ0v) is 12.8. The maximum Gasteiger partial charge on any atom is 0.251 e. The van der Waals surface area contributed by atoms with E-state index in [1.54, 1.807) is 12.1 Å². The van der Waals surface area contributed by atoms with Gasteiger partial charge in [0.2, 0.25) is 0 Å². The van der Waals surface area contributed by atoms with Gasteiger partial charge in [0.1, 0.15) is 5.82 Å². The minimum Gasteiger partial charge on any atom is -0.379 e. The number of morpholine rings is 1. The molecule has 0 bridgehead atoms. The Morgan fingerprint density at radius 1 is 1.36 bits per heavy atom. The number of aryl methyl sites for hydroxylation is 1. The Morgan fingerprint density at radius 2 is 2.18 bits per heavy atom. The number of hydrogen-bond acceptors (Lipinski definition) is 5. The summed E-state index contributed by atoms with van der Waals surface area (Å²) in [4.78, 5) is 14.5. The third-order valence-electron chi connectivity index (χ3n) is 3.88. The molecule has 0 spiro atoms. The molecule has 3 heterocycles. The highest BCUT2D eigenvalue weighted by Crippen LogP contribution is 2.07. The maximum absolute atomic E-state index is 12.1. The number of pyridine rings is 1. The first kappa shape index (κ1) is 14.9. The Kier molecular flexibility index (Phi) is 4.65. The number of hydrogen-bond donors (Lipinski definition) is 1. The van der Waals surface area contributed by atoms with Crippen molar-refractivity contribution in [2.75, 3.05) is 39.4 Å². The van der Waals surface area contributed by atoms with Crippen molar-refractivity contribution >= 4 is 11.6 Å². The van der Waals surface area contributed by atoms with Crippen LogP contribution in [0.5, 0.6) is 0 Å². The molecule has 1 saturated heterocycles. The van der Waals surface area contributed by atoms with Gasteiger partial charge in [-0.15, -0.1) is 10.2 Å². The van der Waals surface area contributed by atoms with E-state index in [0.717, 1.165) is 45.1 Å². The zero-order chi connectivity index (χ0) is 15.4. The molecule has 0 unspecified atom stereocenters. The van der Waals surface area contributed by atoms with E-state index < -0.39 is 0 Å². The van der Waals surface area contributed by atoms with Crippen molar-refractivity contribution in [3.05, 3.63) is 29.7 Å². The van der Waals surface area contributed by atoms with E-state index >= 15 is 0 Å². The monoisotopic (exact) mass is 303 g/mol. The average molecular weight is 303 g/mol. The molecule has 0 atom stereocenters. The normalized spacial score (nSPS) is 16.0. The molecule has 1 fully saturated rings. The molecule has 1 aliphatic heterocycles. The van der Waals surface area contributed by atoms with Crippen LogP contribution in [0, 0.1) is 6.92 Å². The number of rotatable bonds is 5. The van der Waals surface area contributed by atoms with E-state index in [2.05, 4.69) is 20.4 Å². The Bertz CT molecular complexity index is 648. The summed E-state index contributed by atoms with van der Waals surface area (Å²) in [6.45, 7) is 7.13. The largest absolute Gasteiger partial charge is 0.379 e. The summed E-state index contributed by atoms with van der Waals surface area (Å²) >= 11 is 0. The molecular formula is C15H21N5O2. The molecule has 3 rings (SSSR count). The Hall–Kier alpha value is -1.99. The number of nitrogens with zero attached hydrogens (tertiary/aromatic N) is 4. The Morgan fingerprint density at radius 3 is 3.00 bits per heavy atom. The first-order valence-corrected chi connectivity index (χ1v) is 7.64. The molecule has 0 aromatic carbocycles. The van der Waals surface area contributed by atoms with Crippen molar-refractivity contribution in [2.24, 2.45) is 0 Å².